The third-order valence-corrected chi connectivity index (χ3v) is 6.27. The summed E-state index contributed by atoms with van der Waals surface area (Å²) in [7, 11) is 0. The van der Waals surface area contributed by atoms with Crippen molar-refractivity contribution in [3.05, 3.63) is 34.3 Å². The van der Waals surface area contributed by atoms with E-state index in [-0.39, 0.29) is 11.8 Å². The fraction of sp³-hybridized carbons (Fsp3) is 0.600. The Labute approximate surface area is 175 Å². The van der Waals surface area contributed by atoms with Crippen LogP contribution in [0, 0.1) is 0 Å². The summed E-state index contributed by atoms with van der Waals surface area (Å²) in [4.78, 5) is 27.7. The second-order valence-electron chi connectivity index (χ2n) is 6.98. The fourth-order valence-corrected chi connectivity index (χ4v) is 4.18. The maximum Gasteiger partial charge on any atom is 0.253 e. The summed E-state index contributed by atoms with van der Waals surface area (Å²) in [5, 5.41) is 5.95. The minimum absolute atomic E-state index is 0.103. The van der Waals surface area contributed by atoms with Gasteiger partial charge < -0.3 is 10.6 Å². The molecule has 1 aliphatic heterocycles. The molecule has 1 heterocycles. The Balaban J connectivity index is 1.92. The first-order chi connectivity index (χ1) is 13.0. The Hall–Kier alpha value is -1.05. The number of benzene rings is 1. The van der Waals surface area contributed by atoms with E-state index in [1.54, 1.807) is 17.8 Å². The van der Waals surface area contributed by atoms with Crippen LogP contribution in [-0.2, 0) is 4.79 Å². The summed E-state index contributed by atoms with van der Waals surface area (Å²) < 4.78 is 0.727. The molecule has 27 heavy (non-hydrogen) atoms. The van der Waals surface area contributed by atoms with Crippen molar-refractivity contribution in [3.63, 3.8) is 0 Å². The molecule has 0 aromatic heterocycles. The van der Waals surface area contributed by atoms with Gasteiger partial charge in [0.15, 0.2) is 0 Å². The van der Waals surface area contributed by atoms with Gasteiger partial charge in [-0.25, -0.2) is 0 Å². The maximum absolute atomic E-state index is 12.7. The Morgan fingerprint density at radius 1 is 1.22 bits per heavy atom. The number of amides is 2. The quantitative estimate of drug-likeness (QED) is 0.599. The minimum atomic E-state index is -0.523. The van der Waals surface area contributed by atoms with E-state index in [0.29, 0.717) is 24.6 Å². The van der Waals surface area contributed by atoms with Crippen LogP contribution in [0.3, 0.4) is 0 Å². The van der Waals surface area contributed by atoms with E-state index < -0.39 is 6.04 Å². The van der Waals surface area contributed by atoms with Gasteiger partial charge in [0.2, 0.25) is 5.91 Å². The molecule has 1 aliphatic rings. The van der Waals surface area contributed by atoms with E-state index in [4.69, 9.17) is 0 Å². The molecular formula is C20H30BrN3O2S. The molecule has 0 saturated carbocycles. The molecule has 0 aliphatic carbocycles. The summed E-state index contributed by atoms with van der Waals surface area (Å²) >= 11 is 5.07. The van der Waals surface area contributed by atoms with Gasteiger partial charge in [-0.1, -0.05) is 18.6 Å². The number of thioether (sulfide) groups is 1. The van der Waals surface area contributed by atoms with E-state index in [0.717, 1.165) is 23.3 Å². The van der Waals surface area contributed by atoms with Gasteiger partial charge >= 0.3 is 0 Å². The average Bonchev–Trinajstić information content (AvgIpc) is 2.69. The van der Waals surface area contributed by atoms with Gasteiger partial charge in [-0.15, -0.1) is 0 Å². The Morgan fingerprint density at radius 2 is 1.93 bits per heavy atom. The zero-order valence-electron chi connectivity index (χ0n) is 16.2. The lowest BCUT2D eigenvalue weighted by molar-refractivity contribution is -0.123. The van der Waals surface area contributed by atoms with Crippen LogP contribution >= 0.6 is 27.7 Å². The van der Waals surface area contributed by atoms with Gasteiger partial charge in [0.1, 0.15) is 6.04 Å². The van der Waals surface area contributed by atoms with Crippen molar-refractivity contribution >= 4 is 39.5 Å². The highest BCUT2D eigenvalue weighted by molar-refractivity contribution is 9.10. The van der Waals surface area contributed by atoms with Crippen LogP contribution in [0.2, 0.25) is 0 Å². The van der Waals surface area contributed by atoms with E-state index in [2.05, 4.69) is 38.4 Å². The van der Waals surface area contributed by atoms with E-state index in [1.165, 1.54) is 19.3 Å². The van der Waals surface area contributed by atoms with Gasteiger partial charge in [-0.2, -0.15) is 11.8 Å². The Bertz CT molecular complexity index is 623. The van der Waals surface area contributed by atoms with E-state index in [1.807, 2.05) is 24.5 Å². The molecule has 2 atom stereocenters. The van der Waals surface area contributed by atoms with E-state index in [9.17, 15) is 9.59 Å². The van der Waals surface area contributed by atoms with Crippen LogP contribution in [0.25, 0.3) is 0 Å². The van der Waals surface area contributed by atoms with Crippen molar-refractivity contribution < 1.29 is 9.59 Å². The molecule has 150 valence electrons. The van der Waals surface area contributed by atoms with Crippen molar-refractivity contribution in [1.82, 2.24) is 15.5 Å². The number of nitrogens with one attached hydrogen (secondary N) is 2. The molecule has 5 nitrogen and oxygen atoms in total. The lowest BCUT2D eigenvalue weighted by Gasteiger charge is -2.32. The summed E-state index contributed by atoms with van der Waals surface area (Å²) in [5.74, 6) is 0.483. The molecule has 2 rings (SSSR count). The second kappa shape index (κ2) is 11.7. The number of carbonyl (C=O) groups is 2. The molecule has 7 heteroatoms. The Kier molecular flexibility index (Phi) is 9.65. The fourth-order valence-electron chi connectivity index (χ4n) is 3.25. The zero-order valence-corrected chi connectivity index (χ0v) is 18.6. The highest BCUT2D eigenvalue weighted by atomic mass is 79.9. The first kappa shape index (κ1) is 22.2. The number of rotatable bonds is 9. The monoisotopic (exact) mass is 455 g/mol. The molecular weight excluding hydrogens is 426 g/mol. The smallest absolute Gasteiger partial charge is 0.253 e. The van der Waals surface area contributed by atoms with Crippen molar-refractivity contribution in [2.24, 2.45) is 0 Å². The topological polar surface area (TPSA) is 61.4 Å². The Morgan fingerprint density at radius 3 is 2.59 bits per heavy atom. The summed E-state index contributed by atoms with van der Waals surface area (Å²) in [5.41, 5.74) is 0.543. The number of hydrogen-bond donors (Lipinski definition) is 2. The molecule has 0 bridgehead atoms. The third kappa shape index (κ3) is 7.12. The minimum Gasteiger partial charge on any atom is -0.353 e. The van der Waals surface area contributed by atoms with Gasteiger partial charge in [0.25, 0.3) is 5.91 Å². The number of likely N-dealkylation sites (tertiary alicyclic amines) is 1. The van der Waals surface area contributed by atoms with Gasteiger partial charge in [-0.3, -0.25) is 14.5 Å². The average molecular weight is 456 g/mol. The first-order valence-corrected chi connectivity index (χ1v) is 11.8. The van der Waals surface area contributed by atoms with Crippen molar-refractivity contribution in [3.8, 4) is 0 Å². The van der Waals surface area contributed by atoms with Gasteiger partial charge in [-0.05, 0) is 79.3 Å². The van der Waals surface area contributed by atoms with Crippen molar-refractivity contribution in [2.45, 2.75) is 44.7 Å². The number of halogens is 1. The van der Waals surface area contributed by atoms with Gasteiger partial charge in [0, 0.05) is 17.1 Å². The highest BCUT2D eigenvalue weighted by Gasteiger charge is 2.23. The van der Waals surface area contributed by atoms with Crippen LogP contribution in [0.15, 0.2) is 28.7 Å². The predicted octanol–water partition coefficient (Wildman–Crippen LogP) is 3.29. The maximum atomic E-state index is 12.7. The molecule has 0 spiro atoms. The van der Waals surface area contributed by atoms with Crippen LogP contribution in [0.5, 0.6) is 0 Å². The molecule has 1 fully saturated rings. The largest absolute Gasteiger partial charge is 0.353 e. The third-order valence-electron chi connectivity index (χ3n) is 4.94. The number of nitrogens with zero attached hydrogens (tertiary/aromatic N) is 1. The lowest BCUT2D eigenvalue weighted by atomic mass is 10.1. The summed E-state index contributed by atoms with van der Waals surface area (Å²) in [6.07, 6.45) is 6.38. The summed E-state index contributed by atoms with van der Waals surface area (Å²) in [6.45, 7) is 4.97. The molecule has 0 radical (unpaired) electrons. The van der Waals surface area contributed by atoms with Crippen LogP contribution in [0.1, 0.15) is 43.0 Å². The lowest BCUT2D eigenvalue weighted by Crippen LogP contribution is -2.51. The van der Waals surface area contributed by atoms with Gasteiger partial charge in [0.05, 0.1) is 5.56 Å². The molecule has 2 amide bonds. The molecule has 2 N–H and O–H groups in total. The van der Waals surface area contributed by atoms with Crippen molar-refractivity contribution in [2.75, 3.05) is 31.6 Å². The highest BCUT2D eigenvalue weighted by Crippen LogP contribution is 2.16. The normalized spacial score (nSPS) is 17.1. The predicted molar refractivity (Wildman–Crippen MR) is 116 cm³/mol. The first-order valence-electron chi connectivity index (χ1n) is 9.59. The van der Waals surface area contributed by atoms with Crippen molar-refractivity contribution in [1.29, 1.82) is 0 Å². The molecule has 1 aromatic carbocycles. The van der Waals surface area contributed by atoms with E-state index >= 15 is 0 Å². The van der Waals surface area contributed by atoms with Crippen LogP contribution in [-0.4, -0.2) is 60.4 Å². The number of hydrogen-bond acceptors (Lipinski definition) is 4. The molecule has 1 saturated heterocycles. The number of piperidine rings is 1. The SMILES string of the molecule is CSCCC(NC(=O)c1ccccc1Br)C(=O)NCC(C)N1CCCCC1. The number of carbonyl (C=O) groups excluding carboxylic acids is 2. The molecule has 1 aromatic rings. The van der Waals surface area contributed by atoms with Crippen LogP contribution in [0.4, 0.5) is 0 Å². The zero-order chi connectivity index (χ0) is 19.6. The summed E-state index contributed by atoms with van der Waals surface area (Å²) in [6, 6.07) is 7.05. The standard InChI is InChI=1S/C20H30BrN3O2S/c1-15(24-11-6-3-7-12-24)14-22-20(26)18(10-13-27-2)23-19(25)16-8-4-5-9-17(16)21/h4-5,8-9,15,18H,3,6-7,10-14H2,1-2H3,(H,22,26)(H,23,25). The second-order valence-corrected chi connectivity index (χ2v) is 8.82. The van der Waals surface area contributed by atoms with Crippen LogP contribution < -0.4 is 10.6 Å². The molecule has 2 unspecified atom stereocenters.